The van der Waals surface area contributed by atoms with Gasteiger partial charge in [0.2, 0.25) is 0 Å². The third-order valence-corrected chi connectivity index (χ3v) is 3.91. The average molecular weight is 286 g/mol. The Hall–Kier alpha value is -1.95. The molecule has 0 saturated heterocycles. The predicted molar refractivity (Wildman–Crippen MR) is 74.9 cm³/mol. The molecule has 1 atom stereocenters. The van der Waals surface area contributed by atoms with Crippen molar-refractivity contribution in [3.05, 3.63) is 35.9 Å². The van der Waals surface area contributed by atoms with Gasteiger partial charge < -0.3 is 9.47 Å². The highest BCUT2D eigenvalue weighted by molar-refractivity contribution is 5.22. The molecule has 6 nitrogen and oxygen atoms in total. The first kappa shape index (κ1) is 12.8. The summed E-state index contributed by atoms with van der Waals surface area (Å²) in [4.78, 5) is 8.11. The van der Waals surface area contributed by atoms with Crippen molar-refractivity contribution in [2.45, 2.75) is 31.9 Å². The molecule has 6 heteroatoms. The monoisotopic (exact) mass is 286 g/mol. The van der Waals surface area contributed by atoms with Crippen molar-refractivity contribution in [3.8, 4) is 6.01 Å². The van der Waals surface area contributed by atoms with Crippen LogP contribution in [-0.4, -0.2) is 33.0 Å². The third kappa shape index (κ3) is 2.90. The Balaban J connectivity index is 1.46. The van der Waals surface area contributed by atoms with Gasteiger partial charge in [0.05, 0.1) is 12.3 Å². The van der Waals surface area contributed by atoms with Gasteiger partial charge in [-0.1, -0.05) is 0 Å². The van der Waals surface area contributed by atoms with Crippen molar-refractivity contribution in [3.63, 3.8) is 0 Å². The van der Waals surface area contributed by atoms with E-state index in [-0.39, 0.29) is 6.10 Å². The molecule has 2 aromatic heterocycles. The van der Waals surface area contributed by atoms with Crippen molar-refractivity contribution >= 4 is 0 Å². The molecule has 110 valence electrons. The van der Waals surface area contributed by atoms with E-state index >= 15 is 0 Å². The van der Waals surface area contributed by atoms with E-state index in [9.17, 15) is 0 Å². The summed E-state index contributed by atoms with van der Waals surface area (Å²) in [5, 5.41) is 4.70. The molecule has 4 rings (SSSR count). The average Bonchev–Trinajstić information content (AvgIpc) is 3.23. The summed E-state index contributed by atoms with van der Waals surface area (Å²) in [6, 6.07) is 2.15. The van der Waals surface area contributed by atoms with Gasteiger partial charge in [-0.25, -0.2) is 9.97 Å². The molecule has 1 aliphatic heterocycles. The molecule has 1 fully saturated rings. The predicted octanol–water partition coefficient (Wildman–Crippen LogP) is 1.78. The summed E-state index contributed by atoms with van der Waals surface area (Å²) in [6.07, 6.45) is 8.97. The first-order valence-corrected chi connectivity index (χ1v) is 7.46. The Morgan fingerprint density at radius 2 is 2.14 bits per heavy atom. The summed E-state index contributed by atoms with van der Waals surface area (Å²) in [5.41, 5.74) is 2.29. The van der Waals surface area contributed by atoms with Gasteiger partial charge in [-0.15, -0.1) is 0 Å². The summed E-state index contributed by atoms with van der Waals surface area (Å²) in [6.45, 7) is 2.14. The molecule has 0 aromatic carbocycles. The molecule has 1 saturated carbocycles. The van der Waals surface area contributed by atoms with Gasteiger partial charge >= 0.3 is 6.01 Å². The van der Waals surface area contributed by atoms with Gasteiger partial charge in [-0.3, -0.25) is 4.68 Å². The first-order chi connectivity index (χ1) is 10.4. The van der Waals surface area contributed by atoms with Gasteiger partial charge in [-0.05, 0) is 36.8 Å². The smallest absolute Gasteiger partial charge is 0.316 e. The normalized spacial score (nSPS) is 21.0. The van der Waals surface area contributed by atoms with Crippen LogP contribution >= 0.6 is 0 Å². The van der Waals surface area contributed by atoms with E-state index in [1.165, 1.54) is 18.4 Å². The fraction of sp³-hybridized carbons (Fsp3) is 0.533. The van der Waals surface area contributed by atoms with E-state index in [2.05, 4.69) is 20.8 Å². The van der Waals surface area contributed by atoms with Gasteiger partial charge in [0, 0.05) is 25.1 Å². The minimum absolute atomic E-state index is 0.127. The number of hydrogen-bond donors (Lipinski definition) is 0. The van der Waals surface area contributed by atoms with Crippen LogP contribution in [0.1, 0.15) is 30.2 Å². The number of ether oxygens (including phenoxy) is 2. The van der Waals surface area contributed by atoms with E-state index in [0.717, 1.165) is 24.6 Å². The van der Waals surface area contributed by atoms with Crippen LogP contribution in [0.15, 0.2) is 24.7 Å². The lowest BCUT2D eigenvalue weighted by Crippen LogP contribution is -2.22. The Bertz CT molecular complexity index is 609. The molecular formula is C15H18N4O2. The third-order valence-electron chi connectivity index (χ3n) is 3.91. The highest BCUT2D eigenvalue weighted by atomic mass is 16.5. The van der Waals surface area contributed by atoms with Crippen LogP contribution in [0.3, 0.4) is 0 Å². The second-order valence-corrected chi connectivity index (χ2v) is 5.66. The number of fused-ring (bicyclic) bond motifs is 1. The van der Waals surface area contributed by atoms with Crippen molar-refractivity contribution in [2.24, 2.45) is 5.92 Å². The van der Waals surface area contributed by atoms with E-state index in [1.807, 2.05) is 0 Å². The van der Waals surface area contributed by atoms with Crippen LogP contribution < -0.4 is 4.74 Å². The second kappa shape index (κ2) is 5.44. The highest BCUT2D eigenvalue weighted by Gasteiger charge is 2.28. The Labute approximate surface area is 123 Å². The van der Waals surface area contributed by atoms with Crippen LogP contribution in [0.5, 0.6) is 6.01 Å². The Morgan fingerprint density at radius 3 is 2.95 bits per heavy atom. The fourth-order valence-corrected chi connectivity index (χ4v) is 2.63. The standard InChI is InChI=1S/C15H18N4O2/c1-5-16-15(17-6-1)21-10-13-14-12(4-7-20-13)9-19(18-14)8-11-2-3-11/h1,5-6,9,11,13H,2-4,7-8,10H2/t13-/m0/s1. The molecule has 2 aliphatic rings. The zero-order valence-corrected chi connectivity index (χ0v) is 11.8. The number of aromatic nitrogens is 4. The van der Waals surface area contributed by atoms with Crippen molar-refractivity contribution in [2.75, 3.05) is 13.2 Å². The van der Waals surface area contributed by atoms with E-state index in [0.29, 0.717) is 19.2 Å². The summed E-state index contributed by atoms with van der Waals surface area (Å²) >= 11 is 0. The molecule has 0 amide bonds. The molecule has 0 spiro atoms. The molecule has 21 heavy (non-hydrogen) atoms. The molecular weight excluding hydrogens is 268 g/mol. The van der Waals surface area contributed by atoms with Crippen LogP contribution in [0.25, 0.3) is 0 Å². The van der Waals surface area contributed by atoms with Crippen molar-refractivity contribution in [1.82, 2.24) is 19.7 Å². The molecule has 2 aromatic rings. The Morgan fingerprint density at radius 1 is 1.29 bits per heavy atom. The maximum absolute atomic E-state index is 5.80. The molecule has 0 N–H and O–H groups in total. The number of rotatable bonds is 5. The minimum Gasteiger partial charge on any atom is -0.460 e. The minimum atomic E-state index is -0.127. The molecule has 0 unspecified atom stereocenters. The van der Waals surface area contributed by atoms with Crippen LogP contribution in [0.2, 0.25) is 0 Å². The zero-order chi connectivity index (χ0) is 14.1. The zero-order valence-electron chi connectivity index (χ0n) is 11.8. The van der Waals surface area contributed by atoms with Crippen molar-refractivity contribution in [1.29, 1.82) is 0 Å². The van der Waals surface area contributed by atoms with Crippen molar-refractivity contribution < 1.29 is 9.47 Å². The van der Waals surface area contributed by atoms with Crippen LogP contribution in [0.4, 0.5) is 0 Å². The second-order valence-electron chi connectivity index (χ2n) is 5.66. The van der Waals surface area contributed by atoms with Crippen LogP contribution in [-0.2, 0) is 17.7 Å². The largest absolute Gasteiger partial charge is 0.460 e. The maximum Gasteiger partial charge on any atom is 0.316 e. The van der Waals surface area contributed by atoms with Gasteiger partial charge in [0.25, 0.3) is 0 Å². The highest BCUT2D eigenvalue weighted by Crippen LogP contribution is 2.32. The number of nitrogens with zero attached hydrogens (tertiary/aromatic N) is 4. The molecule has 3 heterocycles. The molecule has 0 radical (unpaired) electrons. The molecule has 0 bridgehead atoms. The SMILES string of the molecule is c1cnc(OC[C@@H]2OCCc3cn(CC4CC4)nc32)nc1. The lowest BCUT2D eigenvalue weighted by Gasteiger charge is -2.21. The lowest BCUT2D eigenvalue weighted by atomic mass is 10.1. The van der Waals surface area contributed by atoms with Crippen LogP contribution in [0, 0.1) is 5.92 Å². The van der Waals surface area contributed by atoms with Gasteiger partial charge in [-0.2, -0.15) is 5.10 Å². The number of hydrogen-bond acceptors (Lipinski definition) is 5. The summed E-state index contributed by atoms with van der Waals surface area (Å²) < 4.78 is 13.5. The van der Waals surface area contributed by atoms with Gasteiger partial charge in [0.1, 0.15) is 12.7 Å². The maximum atomic E-state index is 5.80. The van der Waals surface area contributed by atoms with E-state index < -0.39 is 0 Å². The molecule has 1 aliphatic carbocycles. The lowest BCUT2D eigenvalue weighted by molar-refractivity contribution is 0.00516. The van der Waals surface area contributed by atoms with Gasteiger partial charge in [0.15, 0.2) is 0 Å². The summed E-state index contributed by atoms with van der Waals surface area (Å²) in [5.74, 6) is 0.819. The quantitative estimate of drug-likeness (QED) is 0.838. The van der Waals surface area contributed by atoms with E-state index in [1.54, 1.807) is 18.5 Å². The fourth-order valence-electron chi connectivity index (χ4n) is 2.63. The topological polar surface area (TPSA) is 62.1 Å². The Kier molecular flexibility index (Phi) is 3.31. The van der Waals surface area contributed by atoms with E-state index in [4.69, 9.17) is 14.6 Å². The first-order valence-electron chi connectivity index (χ1n) is 7.46. The summed E-state index contributed by atoms with van der Waals surface area (Å²) in [7, 11) is 0.